The normalized spacial score (nSPS) is 46.6. The summed E-state index contributed by atoms with van der Waals surface area (Å²) in [5, 5.41) is 59.4. The second-order valence-electron chi connectivity index (χ2n) is 20.1. The molecule has 8 nitrogen and oxygen atoms in total. The summed E-state index contributed by atoms with van der Waals surface area (Å²) in [6, 6.07) is 0.204. The number of carbonyl (C=O) groups is 1. The zero-order chi connectivity index (χ0) is 38.3. The van der Waals surface area contributed by atoms with Gasteiger partial charge in [0.2, 0.25) is 0 Å². The number of aromatic nitrogens is 2. The highest BCUT2D eigenvalue weighted by Gasteiger charge is 2.72. The molecule has 5 saturated carbocycles. The Balaban J connectivity index is 1.20. The van der Waals surface area contributed by atoms with Gasteiger partial charge < -0.3 is 30.1 Å². The Kier molecular flexibility index (Phi) is 10.7. The van der Waals surface area contributed by atoms with E-state index in [4.69, 9.17) is 0 Å². The van der Waals surface area contributed by atoms with Gasteiger partial charge in [-0.2, -0.15) is 0 Å². The van der Waals surface area contributed by atoms with Gasteiger partial charge in [0.1, 0.15) is 0 Å². The van der Waals surface area contributed by atoms with Gasteiger partial charge in [-0.15, -0.1) is 0 Å². The van der Waals surface area contributed by atoms with Gasteiger partial charge in [-0.1, -0.05) is 73.3 Å². The standard InChI is InChI=1S/C44H66N2O6S2/c1-27-32-16-29(44(52)34-18-37(49)35-19-38(50)39(51)22-41(35,4)31(34)9-13-43(32,44)25-47)23-53-54-24-30(46-15-14-45-26-46)21-40(2,3)33(17-36(27)48)28-8-7-12-42(20-28)10-5-6-11-42/h14-15,18,26-27,29-32,35-36,38-39,47-48,50-52H,5-13,16-17,19-25H2,1-4H3. The third-order valence-corrected chi connectivity index (χ3v) is 19.6. The summed E-state index contributed by atoms with van der Waals surface area (Å²) in [5.41, 5.74) is 1.08. The minimum atomic E-state index is -1.43. The van der Waals surface area contributed by atoms with Crippen LogP contribution < -0.4 is 0 Å². The van der Waals surface area contributed by atoms with Crippen molar-refractivity contribution in [1.82, 2.24) is 9.55 Å². The summed E-state index contributed by atoms with van der Waals surface area (Å²) in [6.07, 6.45) is 19.2. The van der Waals surface area contributed by atoms with Gasteiger partial charge >= 0.3 is 0 Å². The fourth-order valence-corrected chi connectivity index (χ4v) is 16.8. The molecule has 1 aromatic heterocycles. The van der Waals surface area contributed by atoms with E-state index in [-0.39, 0.29) is 53.9 Å². The maximum Gasteiger partial charge on any atom is 0.159 e. The van der Waals surface area contributed by atoms with Gasteiger partial charge in [0, 0.05) is 47.2 Å². The first kappa shape index (κ1) is 39.7. The van der Waals surface area contributed by atoms with Crippen molar-refractivity contribution in [2.24, 2.45) is 51.2 Å². The van der Waals surface area contributed by atoms with Crippen molar-refractivity contribution >= 4 is 27.4 Å². The summed E-state index contributed by atoms with van der Waals surface area (Å²) in [6.45, 7) is 8.84. The van der Waals surface area contributed by atoms with Crippen LogP contribution in [0, 0.1) is 51.2 Å². The topological polar surface area (TPSA) is 136 Å². The average Bonchev–Trinajstić information content (AvgIpc) is 3.89. The van der Waals surface area contributed by atoms with E-state index < -0.39 is 40.7 Å². The number of fused-ring (bicyclic) bond motifs is 9. The molecule has 6 aliphatic carbocycles. The van der Waals surface area contributed by atoms with Crippen LogP contribution in [0.4, 0.5) is 0 Å². The first-order valence-electron chi connectivity index (χ1n) is 21.2. The van der Waals surface area contributed by atoms with E-state index in [1.807, 2.05) is 23.3 Å². The van der Waals surface area contributed by atoms with Gasteiger partial charge in [0.15, 0.2) is 5.78 Å². The Morgan fingerprint density at radius 3 is 2.39 bits per heavy atom. The summed E-state index contributed by atoms with van der Waals surface area (Å²) < 4.78 is 2.26. The number of carbonyl (C=O) groups excluding carboxylic acids is 1. The highest BCUT2D eigenvalue weighted by atomic mass is 33.1. The lowest BCUT2D eigenvalue weighted by Crippen LogP contribution is -2.64. The molecule has 1 aliphatic heterocycles. The number of hydrogen-bond donors (Lipinski definition) is 5. The molecular weight excluding hydrogens is 717 g/mol. The van der Waals surface area contributed by atoms with Crippen molar-refractivity contribution < 1.29 is 30.3 Å². The Labute approximate surface area is 330 Å². The maximum absolute atomic E-state index is 14.1. The van der Waals surface area contributed by atoms with Crippen molar-refractivity contribution in [2.45, 2.75) is 154 Å². The molecule has 0 radical (unpaired) electrons. The molecule has 7 aliphatic rings. The fraction of sp³-hybridized carbons (Fsp3) is 0.818. The van der Waals surface area contributed by atoms with E-state index >= 15 is 0 Å². The molecule has 2 heterocycles. The largest absolute Gasteiger partial charge is 0.396 e. The van der Waals surface area contributed by atoms with E-state index in [2.05, 4.69) is 43.4 Å². The Hall–Kier alpha value is -1.14. The summed E-state index contributed by atoms with van der Waals surface area (Å²) in [4.78, 5) is 18.5. The third kappa shape index (κ3) is 6.28. The predicted octanol–water partition coefficient (Wildman–Crippen LogP) is 7.46. The van der Waals surface area contributed by atoms with E-state index in [1.165, 1.54) is 44.1 Å². The molecule has 0 amide bonds. The van der Waals surface area contributed by atoms with Crippen LogP contribution in [-0.4, -0.2) is 82.9 Å². The van der Waals surface area contributed by atoms with Crippen molar-refractivity contribution in [3.05, 3.63) is 41.5 Å². The monoisotopic (exact) mass is 782 g/mol. The molecule has 0 aromatic carbocycles. The number of aliphatic hydroxyl groups excluding tert-OH is 4. The lowest BCUT2D eigenvalue weighted by atomic mass is 9.45. The fourth-order valence-electron chi connectivity index (χ4n) is 14.1. The zero-order valence-electron chi connectivity index (χ0n) is 33.1. The molecule has 300 valence electrons. The highest BCUT2D eigenvalue weighted by Crippen LogP contribution is 2.70. The van der Waals surface area contributed by atoms with Crippen molar-refractivity contribution in [3.8, 4) is 0 Å². The Morgan fingerprint density at radius 1 is 0.926 bits per heavy atom. The number of imidazole rings is 1. The molecule has 1 aromatic rings. The quantitative estimate of drug-likeness (QED) is 0.153. The van der Waals surface area contributed by atoms with E-state index in [0.29, 0.717) is 43.3 Å². The van der Waals surface area contributed by atoms with E-state index in [9.17, 15) is 30.3 Å². The minimum Gasteiger partial charge on any atom is -0.396 e. The molecule has 54 heavy (non-hydrogen) atoms. The average molecular weight is 783 g/mol. The van der Waals surface area contributed by atoms with Crippen LogP contribution in [0.15, 0.2) is 41.5 Å². The molecular formula is C44H66N2O6S2. The molecule has 6 fully saturated rings. The van der Waals surface area contributed by atoms with Crippen LogP contribution in [0.2, 0.25) is 0 Å². The number of ketones is 1. The van der Waals surface area contributed by atoms with Crippen LogP contribution in [0.25, 0.3) is 0 Å². The summed E-state index contributed by atoms with van der Waals surface area (Å²) in [5.74, 6) is 0.393. The second-order valence-corrected chi connectivity index (χ2v) is 22.7. The van der Waals surface area contributed by atoms with E-state index in [0.717, 1.165) is 30.6 Å². The number of hydrogen-bond acceptors (Lipinski definition) is 9. The lowest BCUT2D eigenvalue weighted by molar-refractivity contribution is -0.169. The first-order valence-corrected chi connectivity index (χ1v) is 23.7. The van der Waals surface area contributed by atoms with Crippen molar-refractivity contribution in [2.75, 3.05) is 18.1 Å². The third-order valence-electron chi connectivity index (χ3n) is 17.0. The van der Waals surface area contributed by atoms with Gasteiger partial charge in [-0.05, 0) is 129 Å². The van der Waals surface area contributed by atoms with Crippen LogP contribution >= 0.6 is 21.6 Å². The molecule has 12 unspecified atom stereocenters. The van der Waals surface area contributed by atoms with Crippen LogP contribution in [-0.2, 0) is 4.79 Å². The van der Waals surface area contributed by atoms with Gasteiger partial charge in [0.25, 0.3) is 0 Å². The number of allylic oxidation sites excluding steroid dienone is 2. The Morgan fingerprint density at radius 2 is 1.67 bits per heavy atom. The van der Waals surface area contributed by atoms with Gasteiger partial charge in [-0.25, -0.2) is 4.98 Å². The van der Waals surface area contributed by atoms with Gasteiger partial charge in [-0.3, -0.25) is 4.79 Å². The predicted molar refractivity (Wildman–Crippen MR) is 215 cm³/mol. The first-order chi connectivity index (χ1) is 25.7. The molecule has 12 atom stereocenters. The molecule has 1 saturated heterocycles. The van der Waals surface area contributed by atoms with E-state index in [1.54, 1.807) is 22.4 Å². The summed E-state index contributed by atoms with van der Waals surface area (Å²) in [7, 11) is 3.64. The minimum absolute atomic E-state index is 0.0748. The lowest BCUT2D eigenvalue weighted by Gasteiger charge is -2.61. The molecule has 8 rings (SSSR count). The maximum atomic E-state index is 14.1. The molecule has 10 heteroatoms. The molecule has 2 bridgehead atoms. The van der Waals surface area contributed by atoms with Crippen LogP contribution in [0.1, 0.15) is 130 Å². The number of aliphatic hydroxyl groups is 5. The van der Waals surface area contributed by atoms with Gasteiger partial charge in [0.05, 0.1) is 36.8 Å². The van der Waals surface area contributed by atoms with Crippen LogP contribution in [0.3, 0.4) is 0 Å². The summed E-state index contributed by atoms with van der Waals surface area (Å²) >= 11 is 0. The smallest absolute Gasteiger partial charge is 0.159 e. The highest BCUT2D eigenvalue weighted by molar-refractivity contribution is 8.76. The second kappa shape index (κ2) is 14.6. The number of nitrogens with zero attached hydrogens (tertiary/aromatic N) is 2. The molecule has 1 spiro atoms. The Bertz CT molecular complexity index is 1620. The van der Waals surface area contributed by atoms with Crippen molar-refractivity contribution in [3.63, 3.8) is 0 Å². The zero-order valence-corrected chi connectivity index (χ0v) is 34.7. The number of rotatable bonds is 2. The van der Waals surface area contributed by atoms with Crippen LogP contribution in [0.5, 0.6) is 0 Å². The SMILES string of the molecule is CC1C(O)CC(=C2CCCC3(CCCC3)C2)C(C)(C)CC(n2ccnc2)CSSCC2CC1C1(CO)CCC3C(=CC(=O)C4CC(O)C(O)CC43C)C21O. The molecule has 5 N–H and O–H groups in total. The van der Waals surface area contributed by atoms with Crippen molar-refractivity contribution in [1.29, 1.82) is 0 Å².